The van der Waals surface area contributed by atoms with Gasteiger partial charge in [-0.2, -0.15) is 0 Å². The average molecular weight is 384 g/mol. The third-order valence-corrected chi connectivity index (χ3v) is 5.57. The summed E-state index contributed by atoms with van der Waals surface area (Å²) >= 11 is 12.2. The predicted molar refractivity (Wildman–Crippen MR) is 101 cm³/mol. The summed E-state index contributed by atoms with van der Waals surface area (Å²) in [5, 5.41) is 0.0886. The topological polar surface area (TPSA) is 43.9 Å². The molecule has 0 saturated carbocycles. The molecule has 0 atom stereocenters. The molecule has 0 bridgehead atoms. The Morgan fingerprint density at radius 3 is 2.28 bits per heavy atom. The molecule has 0 aliphatic carbocycles. The normalized spacial score (nSPS) is 18.9. The monoisotopic (exact) mass is 383 g/mol. The molecule has 3 rings (SSSR count). The van der Waals surface area contributed by atoms with Crippen molar-refractivity contribution in [2.24, 2.45) is 0 Å². The molecule has 0 spiro atoms. The molecule has 2 heterocycles. The number of piperidine rings is 1. The van der Waals surface area contributed by atoms with Crippen LogP contribution in [0, 0.1) is 0 Å². The summed E-state index contributed by atoms with van der Waals surface area (Å²) in [4.78, 5) is 29.9. The highest BCUT2D eigenvalue weighted by Crippen LogP contribution is 2.31. The van der Waals surface area contributed by atoms with Gasteiger partial charge in [-0.1, -0.05) is 17.7 Å². The van der Waals surface area contributed by atoms with Crippen molar-refractivity contribution >= 4 is 40.2 Å². The Labute approximate surface area is 158 Å². The lowest BCUT2D eigenvalue weighted by molar-refractivity contribution is 0.0724. The first-order valence-electron chi connectivity index (χ1n) is 8.85. The van der Waals surface area contributed by atoms with E-state index in [1.807, 2.05) is 17.0 Å². The molecule has 2 saturated heterocycles. The van der Waals surface area contributed by atoms with Gasteiger partial charge in [0.1, 0.15) is 0 Å². The zero-order valence-electron chi connectivity index (χ0n) is 14.2. The van der Waals surface area contributed by atoms with Crippen LogP contribution in [0.25, 0.3) is 0 Å². The molecule has 7 heteroatoms. The van der Waals surface area contributed by atoms with Crippen molar-refractivity contribution in [3.8, 4) is 0 Å². The minimum absolute atomic E-state index is 0.0129. The van der Waals surface area contributed by atoms with Gasteiger partial charge in [0.05, 0.1) is 16.3 Å². The second kappa shape index (κ2) is 8.28. The van der Waals surface area contributed by atoms with Crippen molar-refractivity contribution in [3.63, 3.8) is 0 Å². The second-order valence-corrected chi connectivity index (χ2v) is 7.27. The van der Waals surface area contributed by atoms with Gasteiger partial charge in [0.2, 0.25) is 0 Å². The number of carbonyl (C=O) groups excluding carboxylic acids is 2. The Balaban J connectivity index is 1.78. The van der Waals surface area contributed by atoms with Crippen LogP contribution in [0.1, 0.15) is 36.0 Å². The van der Waals surface area contributed by atoms with Crippen LogP contribution in [0.5, 0.6) is 0 Å². The zero-order valence-corrected chi connectivity index (χ0v) is 15.7. The van der Waals surface area contributed by atoms with Crippen LogP contribution in [-0.2, 0) is 0 Å². The SMILES string of the molecule is O=C(Cl)N1CCCN(c2cccc(C(=O)N3CCCCC3)c2Cl)CC1. The van der Waals surface area contributed by atoms with Crippen LogP contribution in [-0.4, -0.2) is 60.3 Å². The van der Waals surface area contributed by atoms with Crippen molar-refractivity contribution in [2.75, 3.05) is 44.2 Å². The van der Waals surface area contributed by atoms with E-state index < -0.39 is 5.37 Å². The third-order valence-electron chi connectivity index (χ3n) is 4.94. The van der Waals surface area contributed by atoms with Gasteiger partial charge in [-0.05, 0) is 49.4 Å². The van der Waals surface area contributed by atoms with E-state index in [0.29, 0.717) is 30.2 Å². The van der Waals surface area contributed by atoms with Gasteiger partial charge in [0, 0.05) is 39.3 Å². The largest absolute Gasteiger partial charge is 0.368 e. The molecule has 2 aliphatic rings. The van der Waals surface area contributed by atoms with Crippen LogP contribution in [0.15, 0.2) is 18.2 Å². The van der Waals surface area contributed by atoms with Gasteiger partial charge < -0.3 is 14.7 Å². The van der Waals surface area contributed by atoms with Gasteiger partial charge in [-0.25, -0.2) is 0 Å². The van der Waals surface area contributed by atoms with Crippen molar-refractivity contribution in [2.45, 2.75) is 25.7 Å². The molecule has 0 aromatic heterocycles. The Morgan fingerprint density at radius 2 is 1.56 bits per heavy atom. The number of amides is 2. The highest BCUT2D eigenvalue weighted by Gasteiger charge is 2.24. The molecule has 1 aromatic carbocycles. The Bertz CT molecular complexity index is 647. The first-order chi connectivity index (χ1) is 12.1. The molecule has 2 aliphatic heterocycles. The first-order valence-corrected chi connectivity index (χ1v) is 9.60. The lowest BCUT2D eigenvalue weighted by Crippen LogP contribution is -2.36. The summed E-state index contributed by atoms with van der Waals surface area (Å²) in [6, 6.07) is 5.62. The lowest BCUT2D eigenvalue weighted by Gasteiger charge is -2.29. The maximum atomic E-state index is 12.8. The molecule has 5 nitrogen and oxygen atoms in total. The van der Waals surface area contributed by atoms with Gasteiger partial charge in [0.15, 0.2) is 0 Å². The minimum Gasteiger partial charge on any atom is -0.368 e. The first kappa shape index (κ1) is 18.3. The van der Waals surface area contributed by atoms with Gasteiger partial charge in [-0.3, -0.25) is 9.59 Å². The van der Waals surface area contributed by atoms with E-state index in [1.165, 1.54) is 6.42 Å². The van der Waals surface area contributed by atoms with Gasteiger partial charge in [-0.15, -0.1) is 0 Å². The highest BCUT2D eigenvalue weighted by atomic mass is 35.5. The minimum atomic E-state index is -0.415. The Morgan fingerprint density at radius 1 is 0.840 bits per heavy atom. The number of hydrogen-bond donors (Lipinski definition) is 0. The predicted octanol–water partition coefficient (Wildman–Crippen LogP) is 3.84. The summed E-state index contributed by atoms with van der Waals surface area (Å²) in [7, 11) is 0. The van der Waals surface area contributed by atoms with Crippen LogP contribution in [0.2, 0.25) is 5.02 Å². The highest BCUT2D eigenvalue weighted by molar-refractivity contribution is 6.62. The van der Waals surface area contributed by atoms with Crippen LogP contribution in [0.3, 0.4) is 0 Å². The van der Waals surface area contributed by atoms with Crippen molar-refractivity contribution in [1.82, 2.24) is 9.80 Å². The quantitative estimate of drug-likeness (QED) is 0.575. The Kier molecular flexibility index (Phi) is 6.07. The maximum Gasteiger partial charge on any atom is 0.316 e. The molecule has 0 radical (unpaired) electrons. The zero-order chi connectivity index (χ0) is 17.8. The van der Waals surface area contributed by atoms with Crippen LogP contribution in [0.4, 0.5) is 10.5 Å². The number of rotatable bonds is 2. The molecule has 0 N–H and O–H groups in total. The van der Waals surface area contributed by atoms with E-state index in [9.17, 15) is 9.59 Å². The number of anilines is 1. The van der Waals surface area contributed by atoms with Gasteiger partial charge in [0.25, 0.3) is 5.91 Å². The third kappa shape index (κ3) is 4.21. The Hall–Kier alpha value is -1.46. The molecule has 0 unspecified atom stereocenters. The van der Waals surface area contributed by atoms with Crippen molar-refractivity contribution in [1.29, 1.82) is 0 Å². The van der Waals surface area contributed by atoms with E-state index in [0.717, 1.165) is 44.6 Å². The average Bonchev–Trinajstić information content (AvgIpc) is 2.88. The lowest BCUT2D eigenvalue weighted by atomic mass is 10.1. The molecular weight excluding hydrogens is 361 g/mol. The summed E-state index contributed by atoms with van der Waals surface area (Å²) in [6.07, 6.45) is 4.11. The van der Waals surface area contributed by atoms with Crippen LogP contribution < -0.4 is 4.90 Å². The van der Waals surface area contributed by atoms with Gasteiger partial charge >= 0.3 is 5.37 Å². The molecule has 2 fully saturated rings. The fraction of sp³-hybridized carbons (Fsp3) is 0.556. The number of benzene rings is 1. The van der Waals surface area contributed by atoms with E-state index in [2.05, 4.69) is 4.90 Å². The van der Waals surface area contributed by atoms with E-state index in [-0.39, 0.29) is 5.91 Å². The fourth-order valence-corrected chi connectivity index (χ4v) is 4.03. The van der Waals surface area contributed by atoms with E-state index in [4.69, 9.17) is 23.2 Å². The standard InChI is InChI=1S/C18H23Cl2N3O2/c19-16-14(17(24)22-8-2-1-3-9-22)6-4-7-15(16)21-10-5-11-23(13-12-21)18(20)25/h4,6-7H,1-3,5,8-13H2. The fourth-order valence-electron chi connectivity index (χ4n) is 3.53. The van der Waals surface area contributed by atoms with Crippen LogP contribution >= 0.6 is 23.2 Å². The van der Waals surface area contributed by atoms with E-state index in [1.54, 1.807) is 11.0 Å². The maximum absolute atomic E-state index is 12.8. The number of nitrogens with zero attached hydrogens (tertiary/aromatic N) is 3. The molecule has 2 amide bonds. The number of carbonyl (C=O) groups is 2. The number of hydrogen-bond acceptors (Lipinski definition) is 3. The summed E-state index contributed by atoms with van der Waals surface area (Å²) < 4.78 is 0. The molecule has 1 aromatic rings. The molecule has 136 valence electrons. The van der Waals surface area contributed by atoms with E-state index >= 15 is 0 Å². The van der Waals surface area contributed by atoms with Crippen molar-refractivity contribution < 1.29 is 9.59 Å². The summed E-state index contributed by atoms with van der Waals surface area (Å²) in [6.45, 7) is 4.24. The van der Waals surface area contributed by atoms with Crippen molar-refractivity contribution in [3.05, 3.63) is 28.8 Å². The number of likely N-dealkylation sites (tertiary alicyclic amines) is 1. The molecular formula is C18H23Cl2N3O2. The molecule has 25 heavy (non-hydrogen) atoms. The number of halogens is 2. The smallest absolute Gasteiger partial charge is 0.316 e. The second-order valence-electron chi connectivity index (χ2n) is 6.57. The summed E-state index contributed by atoms with van der Waals surface area (Å²) in [5.74, 6) is 0.0129. The summed E-state index contributed by atoms with van der Waals surface area (Å²) in [5.41, 5.74) is 1.42.